The van der Waals surface area contributed by atoms with Crippen molar-refractivity contribution in [2.75, 3.05) is 17.1 Å². The second kappa shape index (κ2) is 12.3. The molecule has 0 spiro atoms. The van der Waals surface area contributed by atoms with Gasteiger partial charge in [-0.25, -0.2) is 8.42 Å². The number of nitrogens with zero attached hydrogens (tertiary/aromatic N) is 2. The standard InChI is InChI=1S/C26H35Cl2N3O4S/c1-18-9-13-22(14-10-18)31(36(6,34)35)15-7-8-24(32)30(19(2)25(33)29-26(3,4)5)17-20-11-12-21(27)16-23(20)28/h9-14,16,19H,7-8,15,17H2,1-6H3,(H,29,33). The van der Waals surface area contributed by atoms with Gasteiger partial charge in [-0.1, -0.05) is 47.0 Å². The van der Waals surface area contributed by atoms with Crippen LogP contribution in [-0.2, 0) is 26.2 Å². The zero-order valence-corrected chi connectivity index (χ0v) is 24.0. The molecule has 0 aromatic heterocycles. The molecule has 1 unspecified atom stereocenters. The number of halogens is 2. The number of carbonyl (C=O) groups is 2. The van der Waals surface area contributed by atoms with E-state index in [4.69, 9.17) is 23.2 Å². The minimum absolute atomic E-state index is 0.0518. The van der Waals surface area contributed by atoms with Gasteiger partial charge in [-0.05, 0) is 70.9 Å². The van der Waals surface area contributed by atoms with Crippen LogP contribution in [0, 0.1) is 6.92 Å². The number of sulfonamides is 1. The molecular weight excluding hydrogens is 521 g/mol. The lowest BCUT2D eigenvalue weighted by molar-refractivity contribution is -0.141. The SMILES string of the molecule is Cc1ccc(N(CCCC(=O)N(Cc2ccc(Cl)cc2Cl)C(C)C(=O)NC(C)(C)C)S(C)(=O)=O)cc1. The molecular formula is C26H35Cl2N3O4S. The van der Waals surface area contributed by atoms with E-state index < -0.39 is 21.6 Å². The van der Waals surface area contributed by atoms with Gasteiger partial charge in [0.2, 0.25) is 21.8 Å². The van der Waals surface area contributed by atoms with Gasteiger partial charge in [-0.15, -0.1) is 0 Å². The quantitative estimate of drug-likeness (QED) is 0.437. The second-order valence-electron chi connectivity index (χ2n) is 9.95. The van der Waals surface area contributed by atoms with Crippen LogP contribution in [0.1, 0.15) is 51.7 Å². The monoisotopic (exact) mass is 555 g/mol. The summed E-state index contributed by atoms with van der Waals surface area (Å²) in [7, 11) is -3.54. The largest absolute Gasteiger partial charge is 0.350 e. The molecule has 2 amide bonds. The Hall–Kier alpha value is -2.29. The number of hydrogen-bond donors (Lipinski definition) is 1. The van der Waals surface area contributed by atoms with Crippen molar-refractivity contribution in [1.82, 2.24) is 10.2 Å². The first-order valence-corrected chi connectivity index (χ1v) is 14.3. The van der Waals surface area contributed by atoms with Gasteiger partial charge in [-0.2, -0.15) is 0 Å². The number of hydrogen-bond acceptors (Lipinski definition) is 4. The van der Waals surface area contributed by atoms with Gasteiger partial charge in [0.1, 0.15) is 6.04 Å². The summed E-state index contributed by atoms with van der Waals surface area (Å²) >= 11 is 12.4. The molecule has 0 fully saturated rings. The zero-order valence-electron chi connectivity index (χ0n) is 21.6. The van der Waals surface area contributed by atoms with Crippen LogP contribution in [-0.4, -0.2) is 49.5 Å². The number of rotatable bonds is 10. The van der Waals surface area contributed by atoms with Crippen molar-refractivity contribution in [3.63, 3.8) is 0 Å². The highest BCUT2D eigenvalue weighted by Gasteiger charge is 2.29. The highest BCUT2D eigenvalue weighted by atomic mass is 35.5. The van der Waals surface area contributed by atoms with Gasteiger partial charge in [0, 0.05) is 35.1 Å². The Balaban J connectivity index is 2.22. The number of carbonyl (C=O) groups excluding carboxylic acids is 2. The Bertz CT molecular complexity index is 1180. The minimum Gasteiger partial charge on any atom is -0.350 e. The highest BCUT2D eigenvalue weighted by molar-refractivity contribution is 7.92. The van der Waals surface area contributed by atoms with Gasteiger partial charge >= 0.3 is 0 Å². The van der Waals surface area contributed by atoms with Crippen LogP contribution >= 0.6 is 23.2 Å². The van der Waals surface area contributed by atoms with E-state index >= 15 is 0 Å². The zero-order chi connectivity index (χ0) is 27.3. The van der Waals surface area contributed by atoms with Gasteiger partial charge in [0.25, 0.3) is 0 Å². The molecule has 2 aromatic carbocycles. The molecule has 7 nitrogen and oxygen atoms in total. The lowest BCUT2D eigenvalue weighted by Crippen LogP contribution is -2.52. The molecule has 0 bridgehead atoms. The van der Waals surface area contributed by atoms with Crippen LogP contribution in [0.4, 0.5) is 5.69 Å². The highest BCUT2D eigenvalue weighted by Crippen LogP contribution is 2.24. The maximum Gasteiger partial charge on any atom is 0.242 e. The van der Waals surface area contributed by atoms with Crippen LogP contribution in [0.3, 0.4) is 0 Å². The molecule has 2 aromatic rings. The van der Waals surface area contributed by atoms with Crippen LogP contribution in [0.15, 0.2) is 42.5 Å². The molecule has 0 aliphatic rings. The smallest absolute Gasteiger partial charge is 0.242 e. The molecule has 0 radical (unpaired) electrons. The normalized spacial score (nSPS) is 12.7. The van der Waals surface area contributed by atoms with Crippen LogP contribution in [0.5, 0.6) is 0 Å². The Morgan fingerprint density at radius 3 is 2.19 bits per heavy atom. The summed E-state index contributed by atoms with van der Waals surface area (Å²) in [5.74, 6) is -0.576. The van der Waals surface area contributed by atoms with Crippen molar-refractivity contribution in [3.05, 3.63) is 63.6 Å². The Labute approximate surface area is 224 Å². The van der Waals surface area contributed by atoms with E-state index in [-0.39, 0.29) is 37.7 Å². The molecule has 198 valence electrons. The van der Waals surface area contributed by atoms with E-state index in [1.807, 2.05) is 39.8 Å². The average Bonchev–Trinajstić information content (AvgIpc) is 2.74. The Morgan fingerprint density at radius 2 is 1.67 bits per heavy atom. The van der Waals surface area contributed by atoms with Crippen LogP contribution in [0.2, 0.25) is 10.0 Å². The molecule has 0 heterocycles. The molecule has 1 atom stereocenters. The fourth-order valence-electron chi connectivity index (χ4n) is 3.61. The van der Waals surface area contributed by atoms with Gasteiger partial charge < -0.3 is 10.2 Å². The van der Waals surface area contributed by atoms with Gasteiger partial charge in [0.15, 0.2) is 0 Å². The van der Waals surface area contributed by atoms with Crippen LogP contribution in [0.25, 0.3) is 0 Å². The molecule has 36 heavy (non-hydrogen) atoms. The summed E-state index contributed by atoms with van der Waals surface area (Å²) in [6.45, 7) is 9.43. The molecule has 0 saturated heterocycles. The molecule has 10 heteroatoms. The summed E-state index contributed by atoms with van der Waals surface area (Å²) in [6.07, 6.45) is 1.47. The van der Waals surface area contributed by atoms with E-state index in [0.717, 1.165) is 11.8 Å². The fraction of sp³-hybridized carbons (Fsp3) is 0.462. The summed E-state index contributed by atoms with van der Waals surface area (Å²) in [6, 6.07) is 11.4. The van der Waals surface area contributed by atoms with Crippen molar-refractivity contribution in [1.29, 1.82) is 0 Å². The van der Waals surface area contributed by atoms with E-state index in [9.17, 15) is 18.0 Å². The first-order valence-electron chi connectivity index (χ1n) is 11.7. The molecule has 1 N–H and O–H groups in total. The Morgan fingerprint density at radius 1 is 1.06 bits per heavy atom. The van der Waals surface area contributed by atoms with Crippen molar-refractivity contribution < 1.29 is 18.0 Å². The number of amides is 2. The van der Waals surface area contributed by atoms with E-state index in [2.05, 4.69) is 5.32 Å². The average molecular weight is 557 g/mol. The lowest BCUT2D eigenvalue weighted by atomic mass is 10.1. The molecule has 0 saturated carbocycles. The number of anilines is 1. The summed E-state index contributed by atoms with van der Waals surface area (Å²) < 4.78 is 26.1. The fourth-order valence-corrected chi connectivity index (χ4v) is 5.04. The van der Waals surface area contributed by atoms with Crippen molar-refractivity contribution in [2.24, 2.45) is 0 Å². The minimum atomic E-state index is -3.54. The third-order valence-electron chi connectivity index (χ3n) is 5.50. The predicted octanol–water partition coefficient (Wildman–Crippen LogP) is 5.18. The van der Waals surface area contributed by atoms with E-state index in [1.54, 1.807) is 37.3 Å². The topological polar surface area (TPSA) is 86.8 Å². The third kappa shape index (κ3) is 8.98. The third-order valence-corrected chi connectivity index (χ3v) is 7.28. The number of aryl methyl sites for hydroxylation is 1. The maximum absolute atomic E-state index is 13.4. The molecule has 0 aliphatic heterocycles. The Kier molecular flexibility index (Phi) is 10.2. The summed E-state index contributed by atoms with van der Waals surface area (Å²) in [5.41, 5.74) is 1.74. The molecule has 2 rings (SSSR count). The lowest BCUT2D eigenvalue weighted by Gasteiger charge is -2.32. The number of benzene rings is 2. The maximum atomic E-state index is 13.4. The van der Waals surface area contributed by atoms with Crippen molar-refractivity contribution >= 4 is 50.7 Å². The summed E-state index contributed by atoms with van der Waals surface area (Å²) in [4.78, 5) is 27.7. The number of nitrogens with one attached hydrogen (secondary N) is 1. The van der Waals surface area contributed by atoms with Crippen LogP contribution < -0.4 is 9.62 Å². The van der Waals surface area contributed by atoms with Crippen molar-refractivity contribution in [3.8, 4) is 0 Å². The first kappa shape index (κ1) is 29.9. The second-order valence-corrected chi connectivity index (χ2v) is 12.7. The predicted molar refractivity (Wildman–Crippen MR) is 147 cm³/mol. The van der Waals surface area contributed by atoms with Crippen molar-refractivity contribution in [2.45, 2.75) is 65.6 Å². The van der Waals surface area contributed by atoms with Gasteiger partial charge in [0.05, 0.1) is 11.9 Å². The summed E-state index contributed by atoms with van der Waals surface area (Å²) in [5, 5.41) is 3.77. The first-order chi connectivity index (χ1) is 16.6. The van der Waals surface area contributed by atoms with E-state index in [0.29, 0.717) is 21.3 Å². The van der Waals surface area contributed by atoms with Gasteiger partial charge in [-0.3, -0.25) is 13.9 Å². The molecule has 0 aliphatic carbocycles. The van der Waals surface area contributed by atoms with E-state index in [1.165, 1.54) is 9.21 Å².